The number of carbonyl (C=O) groups is 1. The number of para-hydroxylation sites is 1. The number of aryl methyl sites for hydroxylation is 1. The van der Waals surface area contributed by atoms with E-state index < -0.39 is 0 Å². The lowest BCUT2D eigenvalue weighted by molar-refractivity contribution is -0.119. The Morgan fingerprint density at radius 3 is 2.79 bits per heavy atom. The van der Waals surface area contributed by atoms with Crippen LogP contribution in [-0.4, -0.2) is 17.4 Å². The van der Waals surface area contributed by atoms with Crippen molar-refractivity contribution in [2.24, 2.45) is 0 Å². The van der Waals surface area contributed by atoms with E-state index in [1.807, 2.05) is 37.3 Å². The Bertz CT molecular complexity index is 522. The monoisotopic (exact) mass is 259 g/mol. The number of nitrogens with one attached hydrogen (secondary N) is 2. The number of amides is 1. The molecule has 0 saturated heterocycles. The predicted octanol–water partition coefficient (Wildman–Crippen LogP) is 1.97. The van der Waals surface area contributed by atoms with Crippen LogP contribution >= 0.6 is 0 Å². The van der Waals surface area contributed by atoms with Crippen LogP contribution in [0.2, 0.25) is 0 Å². The minimum atomic E-state index is -0.0971. The Hall–Kier alpha value is -2.30. The maximum atomic E-state index is 11.6. The number of aromatic nitrogens is 1. The number of hydrogen-bond acceptors (Lipinski definition) is 4. The molecule has 5 heteroatoms. The van der Waals surface area contributed by atoms with Crippen molar-refractivity contribution >= 4 is 11.6 Å². The highest BCUT2D eigenvalue weighted by molar-refractivity contribution is 5.80. The Labute approximate surface area is 112 Å². The molecule has 5 nitrogen and oxygen atoms in total. The highest BCUT2D eigenvalue weighted by atomic mass is 16.4. The van der Waals surface area contributed by atoms with Crippen LogP contribution in [0.4, 0.5) is 5.69 Å². The molecule has 0 aliphatic carbocycles. The van der Waals surface area contributed by atoms with Gasteiger partial charge in [0.05, 0.1) is 19.3 Å². The van der Waals surface area contributed by atoms with Crippen molar-refractivity contribution in [3.8, 4) is 0 Å². The van der Waals surface area contributed by atoms with Crippen molar-refractivity contribution in [1.29, 1.82) is 0 Å². The first-order valence-corrected chi connectivity index (χ1v) is 6.27. The topological polar surface area (TPSA) is 67.2 Å². The van der Waals surface area contributed by atoms with Crippen LogP contribution in [0.25, 0.3) is 0 Å². The van der Waals surface area contributed by atoms with E-state index in [-0.39, 0.29) is 12.5 Å². The summed E-state index contributed by atoms with van der Waals surface area (Å²) in [4.78, 5) is 15.7. The lowest BCUT2D eigenvalue weighted by Gasteiger charge is -2.06. The van der Waals surface area contributed by atoms with Gasteiger partial charge in [-0.15, -0.1) is 0 Å². The lowest BCUT2D eigenvalue weighted by atomic mass is 10.3. The molecule has 100 valence electrons. The summed E-state index contributed by atoms with van der Waals surface area (Å²) in [6.07, 6.45) is 2.49. The summed E-state index contributed by atoms with van der Waals surface area (Å²) in [5, 5.41) is 5.78. The van der Waals surface area contributed by atoms with Crippen LogP contribution in [0.3, 0.4) is 0 Å². The summed E-state index contributed by atoms with van der Waals surface area (Å²) in [7, 11) is 0. The highest BCUT2D eigenvalue weighted by Gasteiger charge is 2.05. The number of anilines is 1. The van der Waals surface area contributed by atoms with Crippen molar-refractivity contribution in [1.82, 2.24) is 10.3 Å². The third kappa shape index (κ3) is 4.13. The number of oxazole rings is 1. The minimum absolute atomic E-state index is 0.0971. The maximum absolute atomic E-state index is 11.6. The molecule has 0 fully saturated rings. The molecule has 0 unspecified atom stereocenters. The van der Waals surface area contributed by atoms with Crippen LogP contribution in [0.5, 0.6) is 0 Å². The first-order valence-electron chi connectivity index (χ1n) is 6.27. The number of carbonyl (C=O) groups excluding carboxylic acids is 1. The molecular formula is C14H17N3O2. The Morgan fingerprint density at radius 2 is 2.11 bits per heavy atom. The second kappa shape index (κ2) is 6.58. The first-order chi connectivity index (χ1) is 9.28. The van der Waals surface area contributed by atoms with Gasteiger partial charge in [-0.25, -0.2) is 4.98 Å². The highest BCUT2D eigenvalue weighted by Crippen LogP contribution is 2.05. The summed E-state index contributed by atoms with van der Waals surface area (Å²) in [5.74, 6) is 1.26. The van der Waals surface area contributed by atoms with Gasteiger partial charge < -0.3 is 15.1 Å². The number of nitrogens with zero attached hydrogens (tertiary/aromatic N) is 1. The molecule has 0 spiro atoms. The fraction of sp³-hybridized carbons (Fsp3) is 0.286. The first kappa shape index (κ1) is 13.1. The Morgan fingerprint density at radius 1 is 1.32 bits per heavy atom. The number of hydrogen-bond donors (Lipinski definition) is 2. The molecule has 1 heterocycles. The number of benzene rings is 1. The van der Waals surface area contributed by atoms with E-state index in [9.17, 15) is 4.79 Å². The van der Waals surface area contributed by atoms with Gasteiger partial charge in [0.25, 0.3) is 0 Å². The van der Waals surface area contributed by atoms with Crippen LogP contribution in [0.15, 0.2) is 40.9 Å². The van der Waals surface area contributed by atoms with Gasteiger partial charge in [-0.1, -0.05) is 25.1 Å². The molecule has 0 atom stereocenters. The zero-order valence-corrected chi connectivity index (χ0v) is 10.8. The van der Waals surface area contributed by atoms with Gasteiger partial charge >= 0.3 is 0 Å². The smallest absolute Gasteiger partial charge is 0.239 e. The van der Waals surface area contributed by atoms with Crippen molar-refractivity contribution in [2.75, 3.05) is 11.9 Å². The van der Waals surface area contributed by atoms with Crippen molar-refractivity contribution in [2.45, 2.75) is 19.9 Å². The molecule has 0 aliphatic rings. The van der Waals surface area contributed by atoms with E-state index in [1.165, 1.54) is 0 Å². The summed E-state index contributed by atoms with van der Waals surface area (Å²) in [5.41, 5.74) is 0.919. The molecule has 0 saturated carbocycles. The van der Waals surface area contributed by atoms with Gasteiger partial charge in [0.15, 0.2) is 0 Å². The molecule has 19 heavy (non-hydrogen) atoms. The molecule has 0 aliphatic heterocycles. The van der Waals surface area contributed by atoms with Crippen LogP contribution in [0.1, 0.15) is 18.6 Å². The third-order valence-corrected chi connectivity index (χ3v) is 2.61. The second-order valence-corrected chi connectivity index (χ2v) is 4.07. The lowest BCUT2D eigenvalue weighted by Crippen LogP contribution is -2.29. The molecule has 0 radical (unpaired) electrons. The Kier molecular flexibility index (Phi) is 4.55. The van der Waals surface area contributed by atoms with E-state index in [0.717, 1.165) is 17.9 Å². The SMILES string of the molecule is CCc1cnc(CNC(=O)CNc2ccccc2)o1. The van der Waals surface area contributed by atoms with Crippen LogP contribution in [0, 0.1) is 0 Å². The van der Waals surface area contributed by atoms with Gasteiger partial charge in [-0.05, 0) is 12.1 Å². The third-order valence-electron chi connectivity index (χ3n) is 2.61. The summed E-state index contributed by atoms with van der Waals surface area (Å²) in [6.45, 7) is 2.54. The standard InChI is InChI=1S/C14H17N3O2/c1-2-12-8-17-14(19-12)10-16-13(18)9-15-11-6-4-3-5-7-11/h3-8,15H,2,9-10H2,1H3,(H,16,18). The molecule has 2 aromatic rings. The van der Waals surface area contributed by atoms with Gasteiger partial charge in [0, 0.05) is 12.1 Å². The van der Waals surface area contributed by atoms with Crippen molar-refractivity contribution < 1.29 is 9.21 Å². The molecule has 2 rings (SSSR count). The summed E-state index contributed by atoms with van der Waals surface area (Å²) >= 11 is 0. The molecular weight excluding hydrogens is 242 g/mol. The molecule has 2 N–H and O–H groups in total. The van der Waals surface area contributed by atoms with Crippen LogP contribution < -0.4 is 10.6 Å². The molecule has 1 aromatic carbocycles. The van der Waals surface area contributed by atoms with Crippen molar-refractivity contribution in [3.63, 3.8) is 0 Å². The van der Waals surface area contributed by atoms with E-state index >= 15 is 0 Å². The van der Waals surface area contributed by atoms with E-state index in [1.54, 1.807) is 6.20 Å². The zero-order valence-electron chi connectivity index (χ0n) is 10.8. The average molecular weight is 259 g/mol. The summed E-state index contributed by atoms with van der Waals surface area (Å²) in [6, 6.07) is 9.58. The second-order valence-electron chi connectivity index (χ2n) is 4.07. The van der Waals surface area contributed by atoms with E-state index in [4.69, 9.17) is 4.42 Å². The predicted molar refractivity (Wildman–Crippen MR) is 72.7 cm³/mol. The van der Waals surface area contributed by atoms with Gasteiger partial charge in [-0.2, -0.15) is 0 Å². The van der Waals surface area contributed by atoms with Gasteiger partial charge in [0.1, 0.15) is 5.76 Å². The fourth-order valence-electron chi connectivity index (χ4n) is 1.57. The summed E-state index contributed by atoms with van der Waals surface area (Å²) < 4.78 is 5.40. The number of rotatable bonds is 6. The maximum Gasteiger partial charge on any atom is 0.239 e. The van der Waals surface area contributed by atoms with Crippen molar-refractivity contribution in [3.05, 3.63) is 48.2 Å². The van der Waals surface area contributed by atoms with E-state index in [0.29, 0.717) is 12.4 Å². The molecule has 1 amide bonds. The fourth-order valence-corrected chi connectivity index (χ4v) is 1.57. The van der Waals surface area contributed by atoms with E-state index in [2.05, 4.69) is 15.6 Å². The average Bonchev–Trinajstić information content (AvgIpc) is 2.92. The molecule has 1 aromatic heterocycles. The normalized spacial score (nSPS) is 10.2. The van der Waals surface area contributed by atoms with Crippen LogP contribution in [-0.2, 0) is 17.8 Å². The quantitative estimate of drug-likeness (QED) is 0.832. The van der Waals surface area contributed by atoms with Gasteiger partial charge in [-0.3, -0.25) is 4.79 Å². The zero-order chi connectivity index (χ0) is 13.5. The minimum Gasteiger partial charge on any atom is -0.444 e. The Balaban J connectivity index is 1.73. The van der Waals surface area contributed by atoms with Gasteiger partial charge in [0.2, 0.25) is 11.8 Å². The molecule has 0 bridgehead atoms. The largest absolute Gasteiger partial charge is 0.444 e.